The Hall–Kier alpha value is -2.70. The van der Waals surface area contributed by atoms with Gasteiger partial charge in [0.2, 0.25) is 0 Å². The Morgan fingerprint density at radius 2 is 2.20 bits per heavy atom. The maximum atomic E-state index is 13.3. The van der Waals surface area contributed by atoms with Gasteiger partial charge in [-0.2, -0.15) is 5.10 Å². The van der Waals surface area contributed by atoms with E-state index in [0.29, 0.717) is 0 Å². The van der Waals surface area contributed by atoms with Crippen LogP contribution in [0.25, 0.3) is 11.3 Å². The van der Waals surface area contributed by atoms with Gasteiger partial charge in [-0.05, 0) is 19.1 Å². The second-order valence-electron chi connectivity index (χ2n) is 4.07. The minimum atomic E-state index is -1.38. The standard InChI is InChI=1S/C13H12FN3O3/c1-2-17-12(18)10(15)9(13(19)20)11(16-17)7-4-3-5-8(14)6-7/h3-6H,2,15H2,1H3,(H,19,20). The van der Waals surface area contributed by atoms with Crippen LogP contribution in [0.4, 0.5) is 10.1 Å². The van der Waals surface area contributed by atoms with Crippen LogP contribution < -0.4 is 11.3 Å². The van der Waals surface area contributed by atoms with Crippen LogP contribution in [-0.2, 0) is 6.54 Å². The average Bonchev–Trinajstić information content (AvgIpc) is 2.41. The van der Waals surface area contributed by atoms with Crippen molar-refractivity contribution in [3.8, 4) is 11.3 Å². The molecule has 2 rings (SSSR count). The summed E-state index contributed by atoms with van der Waals surface area (Å²) in [6, 6.07) is 5.29. The van der Waals surface area contributed by atoms with Crippen molar-refractivity contribution in [2.75, 3.05) is 5.73 Å². The summed E-state index contributed by atoms with van der Waals surface area (Å²) in [5.74, 6) is -1.91. The van der Waals surface area contributed by atoms with E-state index >= 15 is 0 Å². The number of carboxylic acids is 1. The first-order valence-corrected chi connectivity index (χ1v) is 5.85. The third kappa shape index (κ3) is 2.25. The summed E-state index contributed by atoms with van der Waals surface area (Å²) in [6.45, 7) is 1.90. The van der Waals surface area contributed by atoms with Crippen LogP contribution in [0, 0.1) is 5.82 Å². The Morgan fingerprint density at radius 1 is 1.50 bits per heavy atom. The monoisotopic (exact) mass is 277 g/mol. The molecule has 0 atom stereocenters. The van der Waals surface area contributed by atoms with Gasteiger partial charge in [0.1, 0.15) is 22.8 Å². The number of benzene rings is 1. The van der Waals surface area contributed by atoms with Crippen LogP contribution >= 0.6 is 0 Å². The van der Waals surface area contributed by atoms with Crippen LogP contribution in [0.15, 0.2) is 29.1 Å². The Morgan fingerprint density at radius 3 is 2.75 bits per heavy atom. The number of hydrogen-bond donors (Lipinski definition) is 2. The van der Waals surface area contributed by atoms with Gasteiger partial charge < -0.3 is 10.8 Å². The largest absolute Gasteiger partial charge is 0.478 e. The number of halogens is 1. The molecule has 0 aliphatic rings. The van der Waals surface area contributed by atoms with Gasteiger partial charge >= 0.3 is 5.97 Å². The summed E-state index contributed by atoms with van der Waals surface area (Å²) in [7, 11) is 0. The van der Waals surface area contributed by atoms with Gasteiger partial charge in [-0.1, -0.05) is 12.1 Å². The molecule has 7 heteroatoms. The SMILES string of the molecule is CCn1nc(-c2cccc(F)c2)c(C(=O)O)c(N)c1=O. The minimum absolute atomic E-state index is 0.0315. The molecule has 20 heavy (non-hydrogen) atoms. The first-order chi connectivity index (χ1) is 9.45. The minimum Gasteiger partial charge on any atom is -0.478 e. The van der Waals surface area contributed by atoms with E-state index in [4.69, 9.17) is 5.73 Å². The molecule has 0 amide bonds. The Bertz CT molecular complexity index is 740. The zero-order valence-electron chi connectivity index (χ0n) is 10.6. The van der Waals surface area contributed by atoms with Gasteiger partial charge in [0.05, 0.1) is 0 Å². The number of nitrogen functional groups attached to an aromatic ring is 1. The molecular weight excluding hydrogens is 265 g/mol. The van der Waals surface area contributed by atoms with Crippen molar-refractivity contribution in [2.45, 2.75) is 13.5 Å². The molecule has 0 unspecified atom stereocenters. The Kier molecular flexibility index (Phi) is 3.51. The molecule has 0 saturated carbocycles. The van der Waals surface area contributed by atoms with Crippen LogP contribution in [0.2, 0.25) is 0 Å². The Balaban J connectivity index is 2.84. The van der Waals surface area contributed by atoms with E-state index in [9.17, 15) is 19.1 Å². The second kappa shape index (κ2) is 5.12. The molecule has 104 valence electrons. The number of rotatable bonds is 3. The maximum Gasteiger partial charge on any atom is 0.340 e. The quantitative estimate of drug-likeness (QED) is 0.882. The fraction of sp³-hybridized carbons (Fsp3) is 0.154. The summed E-state index contributed by atoms with van der Waals surface area (Å²) in [5.41, 5.74) is 4.31. The van der Waals surface area contributed by atoms with Crippen LogP contribution in [0.5, 0.6) is 0 Å². The molecule has 0 aliphatic carbocycles. The first kappa shape index (κ1) is 13.7. The molecule has 1 heterocycles. The highest BCUT2D eigenvalue weighted by Crippen LogP contribution is 2.24. The number of carboxylic acid groups (broad SMARTS) is 1. The van der Waals surface area contributed by atoms with Crippen LogP contribution in [0.1, 0.15) is 17.3 Å². The molecule has 0 spiro atoms. The lowest BCUT2D eigenvalue weighted by Gasteiger charge is -2.11. The van der Waals surface area contributed by atoms with Gasteiger partial charge in [-0.3, -0.25) is 4.79 Å². The molecule has 0 saturated heterocycles. The molecule has 0 fully saturated rings. The smallest absolute Gasteiger partial charge is 0.340 e. The molecular formula is C13H12FN3O3. The third-order valence-corrected chi connectivity index (χ3v) is 2.80. The molecule has 0 bridgehead atoms. The number of aromatic carboxylic acids is 1. The van der Waals surface area contributed by atoms with Crippen molar-refractivity contribution in [1.29, 1.82) is 0 Å². The van der Waals surface area contributed by atoms with Crippen molar-refractivity contribution in [2.24, 2.45) is 0 Å². The zero-order chi connectivity index (χ0) is 14.9. The molecule has 1 aromatic heterocycles. The summed E-state index contributed by atoms with van der Waals surface area (Å²) in [5, 5.41) is 13.2. The lowest BCUT2D eigenvalue weighted by molar-refractivity contribution is 0.0698. The number of nitrogens with two attached hydrogens (primary N) is 1. The molecule has 1 aromatic carbocycles. The fourth-order valence-corrected chi connectivity index (χ4v) is 1.86. The molecule has 0 radical (unpaired) electrons. The normalized spacial score (nSPS) is 10.5. The number of aryl methyl sites for hydroxylation is 1. The second-order valence-corrected chi connectivity index (χ2v) is 4.07. The van der Waals surface area contributed by atoms with Crippen LogP contribution in [0.3, 0.4) is 0 Å². The predicted molar refractivity (Wildman–Crippen MR) is 70.9 cm³/mol. The van der Waals surface area contributed by atoms with Crippen molar-refractivity contribution in [1.82, 2.24) is 9.78 Å². The number of aromatic nitrogens is 2. The summed E-state index contributed by atoms with van der Waals surface area (Å²) in [4.78, 5) is 23.1. The van der Waals surface area contributed by atoms with E-state index in [2.05, 4.69) is 5.10 Å². The summed E-state index contributed by atoms with van der Waals surface area (Å²) >= 11 is 0. The van der Waals surface area contributed by atoms with Crippen molar-refractivity contribution in [3.05, 3.63) is 46.0 Å². The number of anilines is 1. The van der Waals surface area contributed by atoms with Crippen molar-refractivity contribution in [3.63, 3.8) is 0 Å². The van der Waals surface area contributed by atoms with Gasteiger partial charge in [-0.15, -0.1) is 0 Å². The highest BCUT2D eigenvalue weighted by Gasteiger charge is 2.21. The number of nitrogens with zero attached hydrogens (tertiary/aromatic N) is 2. The van der Waals surface area contributed by atoms with Gasteiger partial charge in [-0.25, -0.2) is 13.9 Å². The first-order valence-electron chi connectivity index (χ1n) is 5.85. The lowest BCUT2D eigenvalue weighted by atomic mass is 10.1. The number of carbonyl (C=O) groups is 1. The average molecular weight is 277 g/mol. The molecule has 2 aromatic rings. The van der Waals surface area contributed by atoms with E-state index in [0.717, 1.165) is 10.7 Å². The van der Waals surface area contributed by atoms with Crippen molar-refractivity contribution < 1.29 is 14.3 Å². The van der Waals surface area contributed by atoms with E-state index in [1.807, 2.05) is 0 Å². The van der Waals surface area contributed by atoms with E-state index in [1.54, 1.807) is 6.92 Å². The maximum absolute atomic E-state index is 13.3. The van der Waals surface area contributed by atoms with E-state index in [1.165, 1.54) is 18.2 Å². The van der Waals surface area contributed by atoms with Crippen molar-refractivity contribution >= 4 is 11.7 Å². The van der Waals surface area contributed by atoms with Crippen LogP contribution in [-0.4, -0.2) is 20.9 Å². The number of hydrogen-bond acceptors (Lipinski definition) is 4. The van der Waals surface area contributed by atoms with Gasteiger partial charge in [0.25, 0.3) is 5.56 Å². The predicted octanol–water partition coefficient (Wildman–Crippen LogP) is 1.35. The van der Waals surface area contributed by atoms with Gasteiger partial charge in [0, 0.05) is 12.1 Å². The zero-order valence-corrected chi connectivity index (χ0v) is 10.6. The Labute approximate surface area is 113 Å². The van der Waals surface area contributed by atoms with Gasteiger partial charge in [0.15, 0.2) is 0 Å². The summed E-state index contributed by atoms with van der Waals surface area (Å²) in [6.07, 6.45) is 0. The molecule has 6 nitrogen and oxygen atoms in total. The summed E-state index contributed by atoms with van der Waals surface area (Å²) < 4.78 is 14.3. The highest BCUT2D eigenvalue weighted by molar-refractivity contribution is 5.99. The van der Waals surface area contributed by atoms with E-state index < -0.39 is 28.6 Å². The third-order valence-electron chi connectivity index (χ3n) is 2.80. The lowest BCUT2D eigenvalue weighted by Crippen LogP contribution is -2.28. The molecule has 0 aliphatic heterocycles. The topological polar surface area (TPSA) is 98.2 Å². The fourth-order valence-electron chi connectivity index (χ4n) is 1.86. The van der Waals surface area contributed by atoms with E-state index in [-0.39, 0.29) is 17.8 Å². The highest BCUT2D eigenvalue weighted by atomic mass is 19.1. The molecule has 3 N–H and O–H groups in total.